The second-order valence-electron chi connectivity index (χ2n) is 3.88. The van der Waals surface area contributed by atoms with E-state index < -0.39 is 0 Å². The number of aryl methyl sites for hydroxylation is 1. The number of nitrogens with one attached hydrogen (secondary N) is 2. The number of anilines is 1. The van der Waals surface area contributed by atoms with Crippen molar-refractivity contribution in [2.24, 2.45) is 7.05 Å². The van der Waals surface area contributed by atoms with E-state index in [1.54, 1.807) is 18.7 Å². The molecule has 0 aliphatic rings. The molecule has 17 heavy (non-hydrogen) atoms. The summed E-state index contributed by atoms with van der Waals surface area (Å²) in [5.74, 6) is 0.666. The van der Waals surface area contributed by atoms with Crippen LogP contribution in [0.1, 0.15) is 13.3 Å². The quantitative estimate of drug-likeness (QED) is 0.676. The molecule has 0 aliphatic carbocycles. The Bertz CT molecular complexity index is 351. The van der Waals surface area contributed by atoms with Gasteiger partial charge in [-0.3, -0.25) is 9.48 Å². The average molecular weight is 240 g/mol. The van der Waals surface area contributed by atoms with Crippen LogP contribution in [0.25, 0.3) is 0 Å². The first-order valence-electron chi connectivity index (χ1n) is 5.66. The number of methoxy groups -OCH3 is 1. The van der Waals surface area contributed by atoms with E-state index in [0.29, 0.717) is 19.0 Å². The molecule has 0 radical (unpaired) electrons. The first-order chi connectivity index (χ1) is 8.13. The molecule has 6 nitrogen and oxygen atoms in total. The number of hydrogen-bond donors (Lipinski definition) is 2. The van der Waals surface area contributed by atoms with E-state index in [1.807, 2.05) is 19.3 Å². The number of carbonyl (C=O) groups excluding carboxylic acids is 1. The van der Waals surface area contributed by atoms with E-state index in [-0.39, 0.29) is 11.9 Å². The largest absolute Gasteiger partial charge is 0.385 e. The van der Waals surface area contributed by atoms with Crippen molar-refractivity contribution < 1.29 is 9.53 Å². The average Bonchev–Trinajstić information content (AvgIpc) is 2.70. The maximum Gasteiger partial charge on any atom is 0.242 e. The highest BCUT2D eigenvalue weighted by Gasteiger charge is 2.12. The highest BCUT2D eigenvalue weighted by atomic mass is 16.5. The topological polar surface area (TPSA) is 68.2 Å². The molecule has 0 spiro atoms. The Morgan fingerprint density at radius 3 is 3.00 bits per heavy atom. The van der Waals surface area contributed by atoms with Gasteiger partial charge in [0.2, 0.25) is 5.91 Å². The third-order valence-electron chi connectivity index (χ3n) is 2.30. The lowest BCUT2D eigenvalue weighted by Gasteiger charge is -2.13. The van der Waals surface area contributed by atoms with Crippen LogP contribution < -0.4 is 10.6 Å². The van der Waals surface area contributed by atoms with Gasteiger partial charge in [-0.25, -0.2) is 0 Å². The number of rotatable bonds is 7. The number of aromatic nitrogens is 2. The Morgan fingerprint density at radius 2 is 2.41 bits per heavy atom. The van der Waals surface area contributed by atoms with Crippen molar-refractivity contribution in [3.8, 4) is 0 Å². The maximum atomic E-state index is 11.7. The van der Waals surface area contributed by atoms with Gasteiger partial charge >= 0.3 is 0 Å². The molecule has 1 aromatic heterocycles. The zero-order chi connectivity index (χ0) is 12.7. The molecule has 0 aromatic carbocycles. The Hall–Kier alpha value is -1.56. The van der Waals surface area contributed by atoms with Crippen LogP contribution in [0.2, 0.25) is 0 Å². The second kappa shape index (κ2) is 6.90. The Kier molecular flexibility index (Phi) is 5.48. The van der Waals surface area contributed by atoms with Crippen LogP contribution in [-0.4, -0.2) is 42.0 Å². The molecule has 1 heterocycles. The van der Waals surface area contributed by atoms with Gasteiger partial charge in [0.15, 0.2) is 0 Å². The first kappa shape index (κ1) is 13.5. The summed E-state index contributed by atoms with van der Waals surface area (Å²) in [6.45, 7) is 3.09. The molecule has 96 valence electrons. The minimum absolute atomic E-state index is 0.0354. The Morgan fingerprint density at radius 1 is 1.65 bits per heavy atom. The molecule has 0 saturated heterocycles. The van der Waals surface area contributed by atoms with E-state index in [1.165, 1.54) is 0 Å². The fourth-order valence-electron chi connectivity index (χ4n) is 1.36. The van der Waals surface area contributed by atoms with Gasteiger partial charge < -0.3 is 15.4 Å². The predicted octanol–water partition coefficient (Wildman–Crippen LogP) is 0.373. The van der Waals surface area contributed by atoms with Gasteiger partial charge in [0.25, 0.3) is 0 Å². The minimum atomic E-state index is -0.299. The van der Waals surface area contributed by atoms with E-state index in [9.17, 15) is 4.79 Å². The van der Waals surface area contributed by atoms with Crippen molar-refractivity contribution in [3.05, 3.63) is 12.3 Å². The fourth-order valence-corrected chi connectivity index (χ4v) is 1.36. The number of hydrogen-bond acceptors (Lipinski definition) is 4. The highest BCUT2D eigenvalue weighted by Crippen LogP contribution is 2.03. The van der Waals surface area contributed by atoms with E-state index in [2.05, 4.69) is 15.7 Å². The Balaban J connectivity index is 2.27. The van der Waals surface area contributed by atoms with Crippen molar-refractivity contribution in [2.45, 2.75) is 19.4 Å². The summed E-state index contributed by atoms with van der Waals surface area (Å²) in [5, 5.41) is 10.0. The van der Waals surface area contributed by atoms with Crippen molar-refractivity contribution in [1.29, 1.82) is 0 Å². The standard InChI is InChI=1S/C11H20N4O2/c1-9(11(16)12-6-4-8-17-3)13-10-5-7-15(2)14-10/h5,7,9H,4,6,8H2,1-3H3,(H,12,16)(H,13,14). The summed E-state index contributed by atoms with van der Waals surface area (Å²) in [6, 6.07) is 1.53. The summed E-state index contributed by atoms with van der Waals surface area (Å²) in [4.78, 5) is 11.7. The van der Waals surface area contributed by atoms with Gasteiger partial charge in [-0.2, -0.15) is 5.10 Å². The smallest absolute Gasteiger partial charge is 0.242 e. The molecule has 1 unspecified atom stereocenters. The number of nitrogens with zero attached hydrogens (tertiary/aromatic N) is 2. The van der Waals surface area contributed by atoms with Gasteiger partial charge in [0.05, 0.1) is 0 Å². The Labute approximate surface area is 101 Å². The van der Waals surface area contributed by atoms with Crippen molar-refractivity contribution in [3.63, 3.8) is 0 Å². The fraction of sp³-hybridized carbons (Fsp3) is 0.636. The molecular formula is C11H20N4O2. The SMILES string of the molecule is COCCCNC(=O)C(C)Nc1ccn(C)n1. The third-order valence-corrected chi connectivity index (χ3v) is 2.30. The van der Waals surface area contributed by atoms with Gasteiger partial charge in [0, 0.05) is 39.6 Å². The molecule has 2 N–H and O–H groups in total. The summed E-state index contributed by atoms with van der Waals surface area (Å²) >= 11 is 0. The molecule has 0 bridgehead atoms. The summed E-state index contributed by atoms with van der Waals surface area (Å²) in [5.41, 5.74) is 0. The van der Waals surface area contributed by atoms with Crippen LogP contribution in [0, 0.1) is 0 Å². The molecule has 1 amide bonds. The summed E-state index contributed by atoms with van der Waals surface area (Å²) < 4.78 is 6.59. The predicted molar refractivity (Wildman–Crippen MR) is 65.8 cm³/mol. The lowest BCUT2D eigenvalue weighted by atomic mass is 10.3. The van der Waals surface area contributed by atoms with Gasteiger partial charge in [-0.1, -0.05) is 0 Å². The summed E-state index contributed by atoms with van der Waals surface area (Å²) in [6.07, 6.45) is 2.64. The van der Waals surface area contributed by atoms with Crippen molar-refractivity contribution >= 4 is 11.7 Å². The van der Waals surface area contributed by atoms with Crippen LogP contribution in [0.15, 0.2) is 12.3 Å². The van der Waals surface area contributed by atoms with E-state index in [4.69, 9.17) is 4.74 Å². The van der Waals surface area contributed by atoms with Crippen molar-refractivity contribution in [2.75, 3.05) is 25.6 Å². The molecular weight excluding hydrogens is 220 g/mol. The lowest BCUT2D eigenvalue weighted by Crippen LogP contribution is -2.38. The molecule has 1 aromatic rings. The van der Waals surface area contributed by atoms with Gasteiger partial charge in [-0.15, -0.1) is 0 Å². The normalized spacial score (nSPS) is 12.2. The second-order valence-corrected chi connectivity index (χ2v) is 3.88. The number of amides is 1. The van der Waals surface area contributed by atoms with Crippen LogP contribution in [0.4, 0.5) is 5.82 Å². The highest BCUT2D eigenvalue weighted by molar-refractivity contribution is 5.83. The monoisotopic (exact) mass is 240 g/mol. The van der Waals surface area contributed by atoms with Crippen LogP contribution >= 0.6 is 0 Å². The number of carbonyl (C=O) groups is 1. The number of ether oxygens (including phenoxy) is 1. The zero-order valence-electron chi connectivity index (χ0n) is 10.6. The molecule has 1 rings (SSSR count). The zero-order valence-corrected chi connectivity index (χ0v) is 10.6. The molecule has 0 saturated carbocycles. The van der Waals surface area contributed by atoms with Crippen LogP contribution in [0.5, 0.6) is 0 Å². The van der Waals surface area contributed by atoms with Crippen molar-refractivity contribution in [1.82, 2.24) is 15.1 Å². The molecule has 0 fully saturated rings. The third kappa shape index (κ3) is 4.86. The van der Waals surface area contributed by atoms with Crippen LogP contribution in [0.3, 0.4) is 0 Å². The maximum absolute atomic E-state index is 11.7. The van der Waals surface area contributed by atoms with E-state index in [0.717, 1.165) is 6.42 Å². The van der Waals surface area contributed by atoms with Gasteiger partial charge in [-0.05, 0) is 13.3 Å². The summed E-state index contributed by atoms with van der Waals surface area (Å²) in [7, 11) is 3.48. The van der Waals surface area contributed by atoms with Gasteiger partial charge in [0.1, 0.15) is 11.9 Å². The van der Waals surface area contributed by atoms with E-state index >= 15 is 0 Å². The molecule has 1 atom stereocenters. The molecule has 6 heteroatoms. The van der Waals surface area contributed by atoms with Crippen LogP contribution in [-0.2, 0) is 16.6 Å². The first-order valence-corrected chi connectivity index (χ1v) is 5.66. The lowest BCUT2D eigenvalue weighted by molar-refractivity contribution is -0.121. The molecule has 0 aliphatic heterocycles. The minimum Gasteiger partial charge on any atom is -0.385 e.